The van der Waals surface area contributed by atoms with E-state index >= 15 is 0 Å². The van der Waals surface area contributed by atoms with E-state index in [1.54, 1.807) is 25.4 Å². The molecule has 0 fully saturated rings. The first-order chi connectivity index (χ1) is 11.2. The number of nitrogens with zero attached hydrogens (tertiary/aromatic N) is 1. The number of aromatic nitrogens is 1. The second kappa shape index (κ2) is 8.53. The van der Waals surface area contributed by atoms with Crippen LogP contribution in [0.4, 0.5) is 0 Å². The van der Waals surface area contributed by atoms with Crippen LogP contribution in [-0.2, 0) is 16.0 Å². The molecule has 0 aliphatic carbocycles. The average Bonchev–Trinajstić information content (AvgIpc) is 2.61. The van der Waals surface area contributed by atoms with Crippen LogP contribution in [0.25, 0.3) is 0 Å². The van der Waals surface area contributed by atoms with Gasteiger partial charge in [-0.2, -0.15) is 0 Å². The predicted molar refractivity (Wildman–Crippen MR) is 84.2 cm³/mol. The minimum Gasteiger partial charge on any atom is -0.496 e. The molecule has 1 amide bonds. The fourth-order valence-corrected chi connectivity index (χ4v) is 2.00. The summed E-state index contributed by atoms with van der Waals surface area (Å²) in [5, 5.41) is 2.70. The molecule has 0 aliphatic heterocycles. The molecule has 1 N–H and O–H groups in total. The zero-order chi connectivity index (χ0) is 16.5. The largest absolute Gasteiger partial charge is 0.496 e. The summed E-state index contributed by atoms with van der Waals surface area (Å²) in [6.07, 6.45) is 3.58. The molecule has 2 aromatic rings. The molecule has 0 atom stereocenters. The SMILES string of the molecule is COc1ccccc1CCNC(=O)COC(=O)c1cccnc1. The summed E-state index contributed by atoms with van der Waals surface area (Å²) in [6.45, 7) is 0.114. The van der Waals surface area contributed by atoms with Gasteiger partial charge in [-0.1, -0.05) is 18.2 Å². The fourth-order valence-electron chi connectivity index (χ4n) is 2.00. The highest BCUT2D eigenvalue weighted by molar-refractivity contribution is 5.90. The summed E-state index contributed by atoms with van der Waals surface area (Å²) >= 11 is 0. The van der Waals surface area contributed by atoms with Gasteiger partial charge in [-0.05, 0) is 30.2 Å². The summed E-state index contributed by atoms with van der Waals surface area (Å²) in [6, 6.07) is 10.8. The van der Waals surface area contributed by atoms with Crippen LogP contribution in [0.2, 0.25) is 0 Å². The lowest BCUT2D eigenvalue weighted by atomic mass is 10.1. The van der Waals surface area contributed by atoms with Gasteiger partial charge in [-0.25, -0.2) is 4.79 Å². The third-order valence-corrected chi connectivity index (χ3v) is 3.14. The Balaban J connectivity index is 1.72. The molecule has 1 heterocycles. The minimum absolute atomic E-state index is 0.314. The number of carbonyl (C=O) groups excluding carboxylic acids is 2. The molecule has 0 saturated carbocycles. The highest BCUT2D eigenvalue weighted by Gasteiger charge is 2.10. The van der Waals surface area contributed by atoms with Crippen molar-refractivity contribution in [1.82, 2.24) is 10.3 Å². The van der Waals surface area contributed by atoms with Crippen LogP contribution in [0.15, 0.2) is 48.8 Å². The van der Waals surface area contributed by atoms with Crippen molar-refractivity contribution in [2.24, 2.45) is 0 Å². The summed E-state index contributed by atoms with van der Waals surface area (Å²) in [4.78, 5) is 27.2. The van der Waals surface area contributed by atoms with E-state index in [-0.39, 0.29) is 12.5 Å². The molecular weight excluding hydrogens is 296 g/mol. The van der Waals surface area contributed by atoms with Crippen molar-refractivity contribution >= 4 is 11.9 Å². The van der Waals surface area contributed by atoms with Crippen molar-refractivity contribution in [2.75, 3.05) is 20.3 Å². The quantitative estimate of drug-likeness (QED) is 0.786. The maximum atomic E-state index is 11.7. The van der Waals surface area contributed by atoms with Gasteiger partial charge in [0.25, 0.3) is 5.91 Å². The molecule has 0 unspecified atom stereocenters. The Labute approximate surface area is 134 Å². The van der Waals surface area contributed by atoms with Gasteiger partial charge in [0, 0.05) is 18.9 Å². The Bertz CT molecular complexity index is 659. The lowest BCUT2D eigenvalue weighted by Gasteiger charge is -2.09. The van der Waals surface area contributed by atoms with E-state index < -0.39 is 5.97 Å². The molecule has 23 heavy (non-hydrogen) atoms. The van der Waals surface area contributed by atoms with E-state index in [0.717, 1.165) is 11.3 Å². The summed E-state index contributed by atoms with van der Waals surface area (Å²) in [5.41, 5.74) is 1.32. The predicted octanol–water partition coefficient (Wildman–Crippen LogP) is 1.61. The third kappa shape index (κ3) is 5.10. The number of ether oxygens (including phenoxy) is 2. The zero-order valence-electron chi connectivity index (χ0n) is 12.8. The first kappa shape index (κ1) is 16.5. The monoisotopic (exact) mass is 314 g/mol. The highest BCUT2D eigenvalue weighted by Crippen LogP contribution is 2.17. The molecule has 1 aromatic heterocycles. The molecular formula is C17H18N2O4. The Morgan fingerprint density at radius 1 is 1.17 bits per heavy atom. The lowest BCUT2D eigenvalue weighted by Crippen LogP contribution is -2.30. The molecule has 2 rings (SSSR count). The molecule has 6 nitrogen and oxygen atoms in total. The number of amides is 1. The van der Waals surface area contributed by atoms with Crippen LogP contribution < -0.4 is 10.1 Å². The number of carbonyl (C=O) groups is 2. The topological polar surface area (TPSA) is 77.5 Å². The van der Waals surface area contributed by atoms with Crippen molar-refractivity contribution in [2.45, 2.75) is 6.42 Å². The van der Waals surface area contributed by atoms with E-state index in [0.29, 0.717) is 18.5 Å². The third-order valence-electron chi connectivity index (χ3n) is 3.14. The number of nitrogens with one attached hydrogen (secondary N) is 1. The molecule has 6 heteroatoms. The normalized spacial score (nSPS) is 9.96. The van der Waals surface area contributed by atoms with Gasteiger partial charge >= 0.3 is 5.97 Å². The van der Waals surface area contributed by atoms with Gasteiger partial charge in [0.2, 0.25) is 0 Å². The molecule has 0 spiro atoms. The van der Waals surface area contributed by atoms with Crippen LogP contribution >= 0.6 is 0 Å². The van der Waals surface area contributed by atoms with Gasteiger partial charge in [-0.15, -0.1) is 0 Å². The number of pyridine rings is 1. The number of esters is 1. The van der Waals surface area contributed by atoms with E-state index in [9.17, 15) is 9.59 Å². The van der Waals surface area contributed by atoms with Crippen molar-refractivity contribution in [3.05, 3.63) is 59.9 Å². The number of benzene rings is 1. The van der Waals surface area contributed by atoms with E-state index in [4.69, 9.17) is 9.47 Å². The number of rotatable bonds is 7. The Morgan fingerprint density at radius 2 is 2.00 bits per heavy atom. The molecule has 0 bridgehead atoms. The lowest BCUT2D eigenvalue weighted by molar-refractivity contribution is -0.124. The van der Waals surface area contributed by atoms with Gasteiger partial charge in [-0.3, -0.25) is 9.78 Å². The average molecular weight is 314 g/mol. The summed E-state index contributed by atoms with van der Waals surface area (Å²) in [5.74, 6) is -0.139. The van der Waals surface area contributed by atoms with Crippen molar-refractivity contribution in [3.8, 4) is 5.75 Å². The summed E-state index contributed by atoms with van der Waals surface area (Å²) in [7, 11) is 1.61. The standard InChI is InChI=1S/C17H18N2O4/c1-22-15-7-3-2-5-13(15)8-10-19-16(20)12-23-17(21)14-6-4-9-18-11-14/h2-7,9,11H,8,10,12H2,1H3,(H,19,20). The molecule has 120 valence electrons. The second-order valence-corrected chi connectivity index (χ2v) is 4.73. The zero-order valence-corrected chi connectivity index (χ0v) is 12.8. The fraction of sp³-hybridized carbons (Fsp3) is 0.235. The Kier molecular flexibility index (Phi) is 6.11. The van der Waals surface area contributed by atoms with Crippen LogP contribution in [0, 0.1) is 0 Å². The molecule has 0 aliphatic rings. The first-order valence-corrected chi connectivity index (χ1v) is 7.16. The van der Waals surface area contributed by atoms with Gasteiger partial charge < -0.3 is 14.8 Å². The van der Waals surface area contributed by atoms with Crippen LogP contribution in [0.1, 0.15) is 15.9 Å². The number of methoxy groups -OCH3 is 1. The molecule has 0 radical (unpaired) electrons. The second-order valence-electron chi connectivity index (χ2n) is 4.73. The minimum atomic E-state index is -0.571. The Hall–Kier alpha value is -2.89. The highest BCUT2D eigenvalue weighted by atomic mass is 16.5. The van der Waals surface area contributed by atoms with Crippen LogP contribution in [0.3, 0.4) is 0 Å². The molecule has 0 saturated heterocycles. The molecule has 1 aromatic carbocycles. The van der Waals surface area contributed by atoms with Crippen LogP contribution in [-0.4, -0.2) is 37.1 Å². The van der Waals surface area contributed by atoms with Crippen molar-refractivity contribution < 1.29 is 19.1 Å². The van der Waals surface area contributed by atoms with Crippen LogP contribution in [0.5, 0.6) is 5.75 Å². The number of hydrogen-bond donors (Lipinski definition) is 1. The van der Waals surface area contributed by atoms with Crippen molar-refractivity contribution in [3.63, 3.8) is 0 Å². The van der Waals surface area contributed by atoms with Crippen molar-refractivity contribution in [1.29, 1.82) is 0 Å². The van der Waals surface area contributed by atoms with Gasteiger partial charge in [0.05, 0.1) is 12.7 Å². The van der Waals surface area contributed by atoms with E-state index in [1.807, 2.05) is 24.3 Å². The Morgan fingerprint density at radius 3 is 2.74 bits per heavy atom. The summed E-state index contributed by atoms with van der Waals surface area (Å²) < 4.78 is 10.2. The van der Waals surface area contributed by atoms with E-state index in [2.05, 4.69) is 10.3 Å². The van der Waals surface area contributed by atoms with E-state index in [1.165, 1.54) is 6.20 Å². The smallest absolute Gasteiger partial charge is 0.340 e. The van der Waals surface area contributed by atoms with Gasteiger partial charge in [0.1, 0.15) is 5.75 Å². The number of para-hydroxylation sites is 1. The number of hydrogen-bond acceptors (Lipinski definition) is 5. The first-order valence-electron chi connectivity index (χ1n) is 7.16. The maximum Gasteiger partial charge on any atom is 0.340 e. The van der Waals surface area contributed by atoms with Gasteiger partial charge in [0.15, 0.2) is 6.61 Å². The maximum absolute atomic E-state index is 11.7.